The molecule has 0 aromatic heterocycles. The maximum Gasteiger partial charge on any atom is 0.238 e. The Morgan fingerprint density at radius 2 is 1.63 bits per heavy atom. The lowest BCUT2D eigenvalue weighted by Gasteiger charge is -2.46. The number of carbonyl (C=O) groups is 2. The Bertz CT molecular complexity index is 1420. The van der Waals surface area contributed by atoms with E-state index in [9.17, 15) is 9.59 Å². The summed E-state index contributed by atoms with van der Waals surface area (Å²) in [4.78, 5) is 27.6. The van der Waals surface area contributed by atoms with Crippen molar-refractivity contribution in [1.82, 2.24) is 5.32 Å². The molecule has 3 aliphatic heterocycles. The van der Waals surface area contributed by atoms with Crippen LogP contribution in [0.5, 0.6) is 5.75 Å². The number of hydrogen-bond donors (Lipinski definition) is 2. The minimum Gasteiger partial charge on any atom is -0.490 e. The quantitative estimate of drug-likeness (QED) is 0.378. The van der Waals surface area contributed by atoms with Gasteiger partial charge in [-0.25, -0.2) is 0 Å². The molecule has 0 aliphatic carbocycles. The Hall–Kier alpha value is -2.77. The lowest BCUT2D eigenvalue weighted by molar-refractivity contribution is -0.131. The molecule has 2 amide bonds. The lowest BCUT2D eigenvalue weighted by Crippen LogP contribution is -2.57. The molecule has 2 N–H and O–H groups in total. The summed E-state index contributed by atoms with van der Waals surface area (Å²) in [5, 5.41) is 7.69. The average molecular weight is 572 g/mol. The third-order valence-corrected chi connectivity index (χ3v) is 8.45. The highest BCUT2D eigenvalue weighted by molar-refractivity contribution is 6.31. The Kier molecular flexibility index (Phi) is 6.77. The standard InChI is InChI=1S/C29H25Cl3N2O4/c30-17-3-1-2-16(12-17)23-15-26(35)34-27(29(23)22-6-4-19(32)14-24(22)33-28(29)36)21-13-18(31)5-7-25(21)38-20-8-10-37-11-9-20/h1-7,12-14,20,23,27H,8-11,15H2,(H,33,36)(H,34,35)/t23-,27+,29-/m0/s1. The predicted molar refractivity (Wildman–Crippen MR) is 147 cm³/mol. The molecule has 0 radical (unpaired) electrons. The molecule has 196 valence electrons. The smallest absolute Gasteiger partial charge is 0.238 e. The van der Waals surface area contributed by atoms with Crippen molar-refractivity contribution >= 4 is 52.3 Å². The van der Waals surface area contributed by atoms with E-state index in [0.29, 0.717) is 45.3 Å². The van der Waals surface area contributed by atoms with Crippen molar-refractivity contribution in [3.05, 3.63) is 92.4 Å². The van der Waals surface area contributed by atoms with E-state index in [2.05, 4.69) is 10.6 Å². The molecule has 6 nitrogen and oxygen atoms in total. The van der Waals surface area contributed by atoms with Crippen LogP contribution < -0.4 is 15.4 Å². The Morgan fingerprint density at radius 1 is 0.895 bits per heavy atom. The van der Waals surface area contributed by atoms with Crippen molar-refractivity contribution in [3.8, 4) is 5.75 Å². The SMILES string of the molecule is O=C1C[C@@H](c2cccc(Cl)c2)[C@]2(C(=O)Nc3cc(Cl)ccc32)[C@@H](c2cc(Cl)ccc2OC2CCOCC2)N1. The molecular weight excluding hydrogens is 547 g/mol. The molecule has 0 unspecified atom stereocenters. The second-order valence-corrected chi connectivity index (χ2v) is 11.2. The molecular formula is C29H25Cl3N2O4. The van der Waals surface area contributed by atoms with Crippen molar-refractivity contribution < 1.29 is 19.1 Å². The second-order valence-electron chi connectivity index (χ2n) is 9.94. The highest BCUT2D eigenvalue weighted by Gasteiger charge is 2.61. The van der Waals surface area contributed by atoms with Crippen LogP contribution in [0.4, 0.5) is 5.69 Å². The van der Waals surface area contributed by atoms with Crippen LogP contribution in [0.1, 0.15) is 47.9 Å². The molecule has 0 saturated carbocycles. The Labute approximate surface area is 235 Å². The molecule has 3 aromatic rings. The first-order chi connectivity index (χ1) is 18.4. The third kappa shape index (κ3) is 4.34. The Balaban J connectivity index is 1.57. The molecule has 9 heteroatoms. The van der Waals surface area contributed by atoms with E-state index in [4.69, 9.17) is 44.3 Å². The van der Waals surface area contributed by atoms with E-state index in [-0.39, 0.29) is 24.3 Å². The summed E-state index contributed by atoms with van der Waals surface area (Å²) in [6.07, 6.45) is 1.54. The number of fused-ring (bicyclic) bond motifs is 2. The number of rotatable bonds is 4. The highest BCUT2D eigenvalue weighted by Crippen LogP contribution is 2.58. The van der Waals surface area contributed by atoms with Gasteiger partial charge < -0.3 is 20.1 Å². The maximum atomic E-state index is 14.2. The van der Waals surface area contributed by atoms with Crippen LogP contribution in [0.2, 0.25) is 15.1 Å². The molecule has 0 bridgehead atoms. The van der Waals surface area contributed by atoms with Crippen LogP contribution in [0.15, 0.2) is 60.7 Å². The number of benzene rings is 3. The van der Waals surface area contributed by atoms with Gasteiger partial charge in [0.1, 0.15) is 17.3 Å². The zero-order valence-electron chi connectivity index (χ0n) is 20.3. The average Bonchev–Trinajstić information content (AvgIpc) is 3.18. The molecule has 1 spiro atoms. The van der Waals surface area contributed by atoms with Crippen LogP contribution in [-0.2, 0) is 19.7 Å². The van der Waals surface area contributed by atoms with Crippen molar-refractivity contribution in [2.24, 2.45) is 0 Å². The van der Waals surface area contributed by atoms with Gasteiger partial charge in [0.05, 0.1) is 19.3 Å². The number of ether oxygens (including phenoxy) is 2. The van der Waals surface area contributed by atoms with Crippen molar-refractivity contribution in [2.75, 3.05) is 18.5 Å². The number of piperidine rings is 1. The molecule has 3 heterocycles. The first-order valence-electron chi connectivity index (χ1n) is 12.6. The van der Waals surface area contributed by atoms with E-state index in [1.807, 2.05) is 30.3 Å². The fourth-order valence-corrected chi connectivity index (χ4v) is 6.65. The van der Waals surface area contributed by atoms with Crippen LogP contribution in [0.3, 0.4) is 0 Å². The molecule has 6 rings (SSSR count). The predicted octanol–water partition coefficient (Wildman–Crippen LogP) is 6.44. The minimum atomic E-state index is -1.21. The van der Waals surface area contributed by atoms with Gasteiger partial charge in [0.25, 0.3) is 0 Å². The van der Waals surface area contributed by atoms with Gasteiger partial charge in [-0.3, -0.25) is 9.59 Å². The maximum absolute atomic E-state index is 14.2. The van der Waals surface area contributed by atoms with Gasteiger partial charge in [-0.1, -0.05) is 53.0 Å². The molecule has 38 heavy (non-hydrogen) atoms. The molecule has 2 saturated heterocycles. The first kappa shape index (κ1) is 25.5. The zero-order chi connectivity index (χ0) is 26.4. The van der Waals surface area contributed by atoms with Gasteiger partial charge in [-0.15, -0.1) is 0 Å². The number of nitrogens with one attached hydrogen (secondary N) is 2. The zero-order valence-corrected chi connectivity index (χ0v) is 22.6. The summed E-state index contributed by atoms with van der Waals surface area (Å²) in [6, 6.07) is 17.3. The largest absolute Gasteiger partial charge is 0.490 e. The molecule has 3 aliphatic rings. The fraction of sp³-hybridized carbons (Fsp3) is 0.310. The van der Waals surface area contributed by atoms with E-state index in [0.717, 1.165) is 24.0 Å². The summed E-state index contributed by atoms with van der Waals surface area (Å²) in [5.74, 6) is -0.357. The monoisotopic (exact) mass is 570 g/mol. The van der Waals surface area contributed by atoms with Gasteiger partial charge >= 0.3 is 0 Å². The second kappa shape index (κ2) is 10.1. The van der Waals surface area contributed by atoms with Gasteiger partial charge in [0, 0.05) is 51.5 Å². The van der Waals surface area contributed by atoms with E-state index in [1.54, 1.807) is 30.3 Å². The third-order valence-electron chi connectivity index (χ3n) is 7.75. The summed E-state index contributed by atoms with van der Waals surface area (Å²) >= 11 is 19.2. The molecule has 2 fully saturated rings. The summed E-state index contributed by atoms with van der Waals surface area (Å²) in [7, 11) is 0. The number of anilines is 1. The van der Waals surface area contributed by atoms with Crippen molar-refractivity contribution in [1.29, 1.82) is 0 Å². The number of halogens is 3. The summed E-state index contributed by atoms with van der Waals surface area (Å²) in [6.45, 7) is 1.23. The van der Waals surface area contributed by atoms with Crippen LogP contribution >= 0.6 is 34.8 Å². The van der Waals surface area contributed by atoms with Crippen LogP contribution in [-0.4, -0.2) is 31.1 Å². The van der Waals surface area contributed by atoms with Crippen molar-refractivity contribution in [2.45, 2.75) is 42.7 Å². The van der Waals surface area contributed by atoms with Gasteiger partial charge in [0.2, 0.25) is 11.8 Å². The van der Waals surface area contributed by atoms with E-state index < -0.39 is 17.4 Å². The number of hydrogen-bond acceptors (Lipinski definition) is 4. The number of carbonyl (C=O) groups excluding carboxylic acids is 2. The summed E-state index contributed by atoms with van der Waals surface area (Å²) in [5.41, 5.74) is 1.59. The van der Waals surface area contributed by atoms with Crippen LogP contribution in [0, 0.1) is 0 Å². The van der Waals surface area contributed by atoms with Gasteiger partial charge in [-0.2, -0.15) is 0 Å². The van der Waals surface area contributed by atoms with Crippen molar-refractivity contribution in [3.63, 3.8) is 0 Å². The van der Waals surface area contributed by atoms with Crippen LogP contribution in [0.25, 0.3) is 0 Å². The normalized spacial score (nSPS) is 25.1. The summed E-state index contributed by atoms with van der Waals surface area (Å²) < 4.78 is 12.0. The lowest BCUT2D eigenvalue weighted by atomic mass is 9.59. The molecule has 3 atom stereocenters. The Morgan fingerprint density at radius 3 is 2.42 bits per heavy atom. The van der Waals surface area contributed by atoms with E-state index in [1.165, 1.54) is 0 Å². The van der Waals surface area contributed by atoms with Gasteiger partial charge in [-0.05, 0) is 53.6 Å². The topological polar surface area (TPSA) is 76.7 Å². The fourth-order valence-electron chi connectivity index (χ4n) is 6.10. The first-order valence-corrected chi connectivity index (χ1v) is 13.7. The minimum absolute atomic E-state index is 0.0499. The number of amides is 2. The van der Waals surface area contributed by atoms with E-state index >= 15 is 0 Å². The van der Waals surface area contributed by atoms with Gasteiger partial charge in [0.15, 0.2) is 0 Å². The molecule has 3 aromatic carbocycles. The highest BCUT2D eigenvalue weighted by atomic mass is 35.5.